The van der Waals surface area contributed by atoms with Crippen molar-refractivity contribution in [1.29, 1.82) is 0 Å². The zero-order valence-corrected chi connectivity index (χ0v) is 10.9. The fourth-order valence-electron chi connectivity index (χ4n) is 1.40. The van der Waals surface area contributed by atoms with E-state index in [2.05, 4.69) is 5.32 Å². The highest BCUT2D eigenvalue weighted by Gasteiger charge is 2.07. The van der Waals surface area contributed by atoms with Gasteiger partial charge in [-0.3, -0.25) is 4.21 Å². The molecule has 1 aromatic carbocycles. The molecule has 0 aromatic heterocycles. The SMILES string of the molecule is CC(CCNCc1cccc(F)c1O)S(C)=O. The number of hydrogen-bond donors (Lipinski definition) is 2. The second kappa shape index (κ2) is 6.71. The van der Waals surface area contributed by atoms with E-state index in [1.54, 1.807) is 18.4 Å². The highest BCUT2D eigenvalue weighted by atomic mass is 32.2. The summed E-state index contributed by atoms with van der Waals surface area (Å²) in [5.41, 5.74) is 0.537. The first-order valence-electron chi connectivity index (χ1n) is 5.51. The molecule has 0 radical (unpaired) electrons. The Kier molecular flexibility index (Phi) is 5.58. The van der Waals surface area contributed by atoms with Gasteiger partial charge in [-0.25, -0.2) is 4.39 Å². The van der Waals surface area contributed by atoms with Crippen molar-refractivity contribution in [2.24, 2.45) is 0 Å². The molecule has 0 fully saturated rings. The van der Waals surface area contributed by atoms with Crippen molar-refractivity contribution in [3.05, 3.63) is 29.6 Å². The van der Waals surface area contributed by atoms with Crippen LogP contribution in [0, 0.1) is 5.82 Å². The maximum Gasteiger partial charge on any atom is 0.165 e. The van der Waals surface area contributed by atoms with Crippen LogP contribution in [-0.2, 0) is 17.3 Å². The van der Waals surface area contributed by atoms with Gasteiger partial charge in [0, 0.05) is 34.4 Å². The molecule has 0 bridgehead atoms. The fraction of sp³-hybridized carbons (Fsp3) is 0.500. The Balaban J connectivity index is 2.36. The Morgan fingerprint density at radius 3 is 2.88 bits per heavy atom. The molecule has 2 atom stereocenters. The summed E-state index contributed by atoms with van der Waals surface area (Å²) in [6.45, 7) is 3.03. The van der Waals surface area contributed by atoms with Crippen molar-refractivity contribution >= 4 is 10.8 Å². The van der Waals surface area contributed by atoms with Crippen LogP contribution in [0.5, 0.6) is 5.75 Å². The molecule has 0 spiro atoms. The van der Waals surface area contributed by atoms with Crippen molar-refractivity contribution in [1.82, 2.24) is 5.32 Å². The number of rotatable bonds is 6. The molecule has 0 saturated carbocycles. The van der Waals surface area contributed by atoms with Gasteiger partial charge in [0.1, 0.15) is 0 Å². The number of halogens is 1. The van der Waals surface area contributed by atoms with Crippen molar-refractivity contribution in [2.75, 3.05) is 12.8 Å². The number of aromatic hydroxyl groups is 1. The average molecular weight is 259 g/mol. The van der Waals surface area contributed by atoms with Gasteiger partial charge in [0.25, 0.3) is 0 Å². The van der Waals surface area contributed by atoms with Gasteiger partial charge < -0.3 is 10.4 Å². The maximum atomic E-state index is 13.0. The molecule has 96 valence electrons. The minimum Gasteiger partial charge on any atom is -0.505 e. The molecule has 0 aliphatic rings. The molecule has 17 heavy (non-hydrogen) atoms. The summed E-state index contributed by atoms with van der Waals surface area (Å²) in [5.74, 6) is -0.903. The van der Waals surface area contributed by atoms with Crippen LogP contribution < -0.4 is 5.32 Å². The van der Waals surface area contributed by atoms with Crippen LogP contribution >= 0.6 is 0 Å². The number of phenols is 1. The maximum absolute atomic E-state index is 13.0. The smallest absolute Gasteiger partial charge is 0.165 e. The van der Waals surface area contributed by atoms with Gasteiger partial charge in [0.05, 0.1) is 0 Å². The molecule has 0 amide bonds. The Morgan fingerprint density at radius 1 is 1.53 bits per heavy atom. The van der Waals surface area contributed by atoms with Crippen LogP contribution in [0.25, 0.3) is 0 Å². The summed E-state index contributed by atoms with van der Waals surface area (Å²) < 4.78 is 24.1. The standard InChI is InChI=1S/C12H18FNO2S/c1-9(17(2)16)6-7-14-8-10-4-3-5-11(13)12(10)15/h3-5,9,14-15H,6-8H2,1-2H3. The van der Waals surface area contributed by atoms with Crippen LogP contribution in [0.1, 0.15) is 18.9 Å². The van der Waals surface area contributed by atoms with Gasteiger partial charge in [-0.2, -0.15) is 0 Å². The molecule has 2 unspecified atom stereocenters. The van der Waals surface area contributed by atoms with E-state index in [0.29, 0.717) is 18.7 Å². The Morgan fingerprint density at radius 2 is 2.24 bits per heavy atom. The Bertz CT molecular complexity index is 398. The molecule has 0 aliphatic carbocycles. The quantitative estimate of drug-likeness (QED) is 0.766. The zero-order chi connectivity index (χ0) is 12.8. The van der Waals surface area contributed by atoms with Gasteiger partial charge in [-0.05, 0) is 19.0 Å². The van der Waals surface area contributed by atoms with E-state index in [1.165, 1.54) is 6.07 Å². The minimum atomic E-state index is -0.816. The van der Waals surface area contributed by atoms with E-state index < -0.39 is 16.6 Å². The van der Waals surface area contributed by atoms with E-state index in [4.69, 9.17) is 0 Å². The van der Waals surface area contributed by atoms with E-state index >= 15 is 0 Å². The van der Waals surface area contributed by atoms with E-state index in [1.807, 2.05) is 6.92 Å². The summed E-state index contributed by atoms with van der Waals surface area (Å²) in [6, 6.07) is 4.46. The lowest BCUT2D eigenvalue weighted by atomic mass is 10.2. The zero-order valence-electron chi connectivity index (χ0n) is 10.1. The summed E-state index contributed by atoms with van der Waals surface area (Å²) in [5, 5.41) is 12.7. The lowest BCUT2D eigenvalue weighted by molar-refractivity contribution is 0.423. The molecule has 5 heteroatoms. The first kappa shape index (κ1) is 14.1. The van der Waals surface area contributed by atoms with E-state index in [0.717, 1.165) is 6.42 Å². The van der Waals surface area contributed by atoms with Crippen LogP contribution in [-0.4, -0.2) is 27.4 Å². The van der Waals surface area contributed by atoms with Crippen molar-refractivity contribution in [3.63, 3.8) is 0 Å². The second-order valence-electron chi connectivity index (χ2n) is 4.02. The monoisotopic (exact) mass is 259 g/mol. The van der Waals surface area contributed by atoms with Crippen molar-refractivity contribution in [2.45, 2.75) is 25.1 Å². The Labute approximate surface area is 104 Å². The largest absolute Gasteiger partial charge is 0.505 e. The van der Waals surface area contributed by atoms with E-state index in [9.17, 15) is 13.7 Å². The number of hydrogen-bond acceptors (Lipinski definition) is 3. The number of nitrogens with one attached hydrogen (secondary N) is 1. The fourth-order valence-corrected chi connectivity index (χ4v) is 1.85. The van der Waals surface area contributed by atoms with Gasteiger partial charge in [0.2, 0.25) is 0 Å². The average Bonchev–Trinajstić information content (AvgIpc) is 2.29. The number of benzene rings is 1. The van der Waals surface area contributed by atoms with Gasteiger partial charge >= 0.3 is 0 Å². The predicted octanol–water partition coefficient (Wildman–Crippen LogP) is 1.78. The summed E-state index contributed by atoms with van der Waals surface area (Å²) in [4.78, 5) is 0. The molecule has 0 aliphatic heterocycles. The highest BCUT2D eigenvalue weighted by molar-refractivity contribution is 7.84. The lowest BCUT2D eigenvalue weighted by Gasteiger charge is -2.10. The third-order valence-corrected chi connectivity index (χ3v) is 4.05. The molecule has 1 aromatic rings. The van der Waals surface area contributed by atoms with Crippen LogP contribution in [0.2, 0.25) is 0 Å². The summed E-state index contributed by atoms with van der Waals surface area (Å²) in [7, 11) is -0.816. The number of phenolic OH excluding ortho intramolecular Hbond substituents is 1. The third kappa shape index (κ3) is 4.44. The first-order chi connectivity index (χ1) is 8.02. The van der Waals surface area contributed by atoms with Crippen molar-refractivity contribution in [3.8, 4) is 5.75 Å². The van der Waals surface area contributed by atoms with Crippen molar-refractivity contribution < 1.29 is 13.7 Å². The van der Waals surface area contributed by atoms with Gasteiger partial charge in [0.15, 0.2) is 11.6 Å². The topological polar surface area (TPSA) is 49.3 Å². The normalized spacial score (nSPS) is 14.5. The second-order valence-corrected chi connectivity index (χ2v) is 5.82. The molecular weight excluding hydrogens is 241 g/mol. The molecule has 0 saturated heterocycles. The minimum absolute atomic E-state index is 0.142. The molecule has 1 rings (SSSR count). The molecule has 3 nitrogen and oxygen atoms in total. The van der Waals surface area contributed by atoms with E-state index in [-0.39, 0.29) is 11.0 Å². The lowest BCUT2D eigenvalue weighted by Crippen LogP contribution is -2.21. The van der Waals surface area contributed by atoms with Crippen LogP contribution in [0.3, 0.4) is 0 Å². The van der Waals surface area contributed by atoms with Gasteiger partial charge in [-0.1, -0.05) is 19.1 Å². The predicted molar refractivity (Wildman–Crippen MR) is 67.9 cm³/mol. The van der Waals surface area contributed by atoms with Gasteiger partial charge in [-0.15, -0.1) is 0 Å². The summed E-state index contributed by atoms with van der Waals surface area (Å²) >= 11 is 0. The van der Waals surface area contributed by atoms with Crippen LogP contribution in [0.15, 0.2) is 18.2 Å². The highest BCUT2D eigenvalue weighted by Crippen LogP contribution is 2.20. The molecule has 2 N–H and O–H groups in total. The molecular formula is C12H18FNO2S. The first-order valence-corrected chi connectivity index (χ1v) is 7.13. The van der Waals surface area contributed by atoms with Crippen LogP contribution in [0.4, 0.5) is 4.39 Å². The number of para-hydroxylation sites is 1. The third-order valence-electron chi connectivity index (χ3n) is 2.68. The Hall–Kier alpha value is -0.940. The molecule has 0 heterocycles. The summed E-state index contributed by atoms with van der Waals surface area (Å²) in [6.07, 6.45) is 2.47.